The van der Waals surface area contributed by atoms with Gasteiger partial charge in [0.25, 0.3) is 0 Å². The van der Waals surface area contributed by atoms with Crippen molar-refractivity contribution in [1.29, 1.82) is 0 Å². The number of aromatic nitrogens is 1. The molecule has 16 heavy (non-hydrogen) atoms. The van der Waals surface area contributed by atoms with E-state index in [-0.39, 0.29) is 6.10 Å². The van der Waals surface area contributed by atoms with Crippen molar-refractivity contribution in [1.82, 2.24) is 4.57 Å². The quantitative estimate of drug-likeness (QED) is 0.797. The van der Waals surface area contributed by atoms with Crippen molar-refractivity contribution in [3.05, 3.63) is 21.9 Å². The zero-order chi connectivity index (χ0) is 11.5. The van der Waals surface area contributed by atoms with E-state index < -0.39 is 0 Å². The standard InChI is InChI=1S/C12H16BrNO2/c1-2-12-11(13)6-9(8-15)14(12)7-10-4-3-5-16-10/h6,8,10H,2-5,7H2,1H3/t10-/m0/s1. The van der Waals surface area contributed by atoms with Crippen LogP contribution in [-0.4, -0.2) is 23.6 Å². The lowest BCUT2D eigenvalue weighted by atomic mass is 10.2. The summed E-state index contributed by atoms with van der Waals surface area (Å²) >= 11 is 3.50. The Kier molecular flexibility index (Phi) is 3.82. The molecular formula is C12H16BrNO2. The highest BCUT2D eigenvalue weighted by molar-refractivity contribution is 9.10. The maximum Gasteiger partial charge on any atom is 0.166 e. The second kappa shape index (κ2) is 5.15. The molecule has 88 valence electrons. The Morgan fingerprint density at radius 2 is 2.50 bits per heavy atom. The minimum absolute atomic E-state index is 0.267. The molecule has 1 fully saturated rings. The van der Waals surface area contributed by atoms with Crippen molar-refractivity contribution >= 4 is 22.2 Å². The van der Waals surface area contributed by atoms with E-state index in [0.29, 0.717) is 0 Å². The summed E-state index contributed by atoms with van der Waals surface area (Å²) in [6.45, 7) is 3.74. The predicted molar refractivity (Wildman–Crippen MR) is 65.9 cm³/mol. The molecule has 3 nitrogen and oxygen atoms in total. The van der Waals surface area contributed by atoms with Gasteiger partial charge in [-0.05, 0) is 41.3 Å². The number of halogens is 1. The lowest BCUT2D eigenvalue weighted by Crippen LogP contribution is -2.18. The van der Waals surface area contributed by atoms with Gasteiger partial charge in [0.2, 0.25) is 0 Å². The molecule has 1 aliphatic heterocycles. The molecule has 1 atom stereocenters. The van der Waals surface area contributed by atoms with Gasteiger partial charge in [0.15, 0.2) is 6.29 Å². The van der Waals surface area contributed by atoms with Gasteiger partial charge in [0, 0.05) is 23.3 Å². The lowest BCUT2D eigenvalue weighted by molar-refractivity contribution is 0.0946. The third-order valence-corrected chi connectivity index (χ3v) is 3.74. The average molecular weight is 286 g/mol. The molecule has 0 bridgehead atoms. The minimum Gasteiger partial charge on any atom is -0.376 e. The molecule has 0 amide bonds. The average Bonchev–Trinajstić information content (AvgIpc) is 2.87. The molecule has 0 N–H and O–H groups in total. The molecule has 0 unspecified atom stereocenters. The van der Waals surface area contributed by atoms with Crippen LogP contribution in [0.2, 0.25) is 0 Å². The van der Waals surface area contributed by atoms with Crippen LogP contribution < -0.4 is 0 Å². The number of rotatable bonds is 4. The second-order valence-corrected chi connectivity index (χ2v) is 4.94. The molecule has 2 rings (SSSR count). The first-order chi connectivity index (χ1) is 7.76. The van der Waals surface area contributed by atoms with Gasteiger partial charge in [-0.25, -0.2) is 0 Å². The van der Waals surface area contributed by atoms with E-state index in [2.05, 4.69) is 27.4 Å². The van der Waals surface area contributed by atoms with Gasteiger partial charge in [-0.3, -0.25) is 4.79 Å². The summed E-state index contributed by atoms with van der Waals surface area (Å²) in [6.07, 6.45) is 4.32. The van der Waals surface area contributed by atoms with Gasteiger partial charge < -0.3 is 9.30 Å². The molecule has 4 heteroatoms. The molecule has 0 aliphatic carbocycles. The predicted octanol–water partition coefficient (Wildman–Crippen LogP) is 2.80. The summed E-state index contributed by atoms with van der Waals surface area (Å²) in [5, 5.41) is 0. The Labute approximate surface area is 104 Å². The SMILES string of the molecule is CCc1c(Br)cc(C=O)n1C[C@@H]1CCCO1. The molecule has 1 aliphatic rings. The number of aldehydes is 1. The molecule has 0 radical (unpaired) electrons. The van der Waals surface area contributed by atoms with Gasteiger partial charge >= 0.3 is 0 Å². The van der Waals surface area contributed by atoms with Crippen LogP contribution in [0.25, 0.3) is 0 Å². The summed E-state index contributed by atoms with van der Waals surface area (Å²) in [5.74, 6) is 0. The smallest absolute Gasteiger partial charge is 0.166 e. The number of hydrogen-bond donors (Lipinski definition) is 0. The summed E-state index contributed by atoms with van der Waals surface area (Å²) in [4.78, 5) is 11.0. The molecule has 0 saturated carbocycles. The molecule has 1 saturated heterocycles. The molecule has 0 aromatic carbocycles. The van der Waals surface area contributed by atoms with Gasteiger partial charge in [-0.2, -0.15) is 0 Å². The van der Waals surface area contributed by atoms with Crippen LogP contribution in [0.15, 0.2) is 10.5 Å². The highest BCUT2D eigenvalue weighted by atomic mass is 79.9. The second-order valence-electron chi connectivity index (χ2n) is 4.08. The van der Waals surface area contributed by atoms with Crippen molar-refractivity contribution in [2.45, 2.75) is 38.8 Å². The number of carbonyl (C=O) groups excluding carboxylic acids is 1. The van der Waals surface area contributed by atoms with Crippen molar-refractivity contribution in [3.8, 4) is 0 Å². The van der Waals surface area contributed by atoms with E-state index >= 15 is 0 Å². The fraction of sp³-hybridized carbons (Fsp3) is 0.583. The van der Waals surface area contributed by atoms with Gasteiger partial charge in [0.1, 0.15) is 0 Å². The first kappa shape index (κ1) is 11.9. The summed E-state index contributed by atoms with van der Waals surface area (Å²) in [6, 6.07) is 1.89. The van der Waals surface area contributed by atoms with Crippen LogP contribution in [0.1, 0.15) is 35.9 Å². The van der Waals surface area contributed by atoms with E-state index in [1.54, 1.807) is 0 Å². The van der Waals surface area contributed by atoms with Crippen molar-refractivity contribution in [2.24, 2.45) is 0 Å². The molecular weight excluding hydrogens is 270 g/mol. The van der Waals surface area contributed by atoms with E-state index in [0.717, 1.165) is 48.9 Å². The Hall–Kier alpha value is -0.610. The summed E-state index contributed by atoms with van der Waals surface area (Å²) < 4.78 is 8.71. The fourth-order valence-corrected chi connectivity index (χ4v) is 2.97. The van der Waals surface area contributed by atoms with Crippen LogP contribution in [0.5, 0.6) is 0 Å². The molecule has 1 aromatic heterocycles. The highest BCUT2D eigenvalue weighted by Gasteiger charge is 2.19. The van der Waals surface area contributed by atoms with Crippen molar-refractivity contribution in [3.63, 3.8) is 0 Å². The Morgan fingerprint density at radius 3 is 3.06 bits per heavy atom. The van der Waals surface area contributed by atoms with Crippen LogP contribution >= 0.6 is 15.9 Å². The van der Waals surface area contributed by atoms with E-state index in [1.165, 1.54) is 5.69 Å². The molecule has 1 aromatic rings. The normalized spacial score (nSPS) is 20.2. The Morgan fingerprint density at radius 1 is 1.69 bits per heavy atom. The van der Waals surface area contributed by atoms with Gasteiger partial charge in [-0.1, -0.05) is 6.92 Å². The summed E-state index contributed by atoms with van der Waals surface area (Å²) in [5.41, 5.74) is 1.91. The number of carbonyl (C=O) groups is 1. The maximum absolute atomic E-state index is 11.0. The molecule has 2 heterocycles. The van der Waals surface area contributed by atoms with Gasteiger partial charge in [-0.15, -0.1) is 0 Å². The first-order valence-corrected chi connectivity index (χ1v) is 6.50. The fourth-order valence-electron chi connectivity index (χ4n) is 2.24. The van der Waals surface area contributed by atoms with Crippen LogP contribution in [0.3, 0.4) is 0 Å². The number of ether oxygens (including phenoxy) is 1. The van der Waals surface area contributed by atoms with E-state index in [4.69, 9.17) is 4.74 Å². The first-order valence-electron chi connectivity index (χ1n) is 5.71. The third-order valence-electron chi connectivity index (χ3n) is 3.05. The Bertz CT molecular complexity index is 381. The lowest BCUT2D eigenvalue weighted by Gasteiger charge is -2.15. The zero-order valence-electron chi connectivity index (χ0n) is 9.41. The van der Waals surface area contributed by atoms with E-state index in [1.807, 2.05) is 6.07 Å². The zero-order valence-corrected chi connectivity index (χ0v) is 11.0. The topological polar surface area (TPSA) is 31.2 Å². The van der Waals surface area contributed by atoms with Crippen LogP contribution in [0, 0.1) is 0 Å². The minimum atomic E-state index is 0.267. The largest absolute Gasteiger partial charge is 0.376 e. The maximum atomic E-state index is 11.0. The number of hydrogen-bond acceptors (Lipinski definition) is 2. The third kappa shape index (κ3) is 2.23. The van der Waals surface area contributed by atoms with Gasteiger partial charge in [0.05, 0.1) is 11.8 Å². The monoisotopic (exact) mass is 285 g/mol. The summed E-state index contributed by atoms with van der Waals surface area (Å²) in [7, 11) is 0. The highest BCUT2D eigenvalue weighted by Crippen LogP contribution is 2.24. The Balaban J connectivity index is 2.25. The van der Waals surface area contributed by atoms with Crippen molar-refractivity contribution in [2.75, 3.05) is 6.61 Å². The van der Waals surface area contributed by atoms with Crippen molar-refractivity contribution < 1.29 is 9.53 Å². The van der Waals surface area contributed by atoms with E-state index in [9.17, 15) is 4.79 Å². The number of nitrogens with zero attached hydrogens (tertiary/aromatic N) is 1. The molecule has 0 spiro atoms. The van der Waals surface area contributed by atoms with Crippen LogP contribution in [-0.2, 0) is 17.7 Å². The van der Waals surface area contributed by atoms with Crippen LogP contribution in [0.4, 0.5) is 0 Å².